The number of hydrogen-bond acceptors (Lipinski definition) is 3. The summed E-state index contributed by atoms with van der Waals surface area (Å²) in [5.74, 6) is -2.26. The van der Waals surface area contributed by atoms with E-state index in [9.17, 15) is 14.4 Å². The van der Waals surface area contributed by atoms with E-state index in [1.165, 1.54) is 4.90 Å². The molecule has 2 amide bonds. The van der Waals surface area contributed by atoms with Gasteiger partial charge in [0.25, 0.3) is 0 Å². The van der Waals surface area contributed by atoms with Crippen molar-refractivity contribution in [2.75, 3.05) is 4.90 Å². The van der Waals surface area contributed by atoms with Crippen LogP contribution >= 0.6 is 11.6 Å². The second kappa shape index (κ2) is 6.14. The number of amides is 2. The van der Waals surface area contributed by atoms with Crippen molar-refractivity contribution in [1.29, 1.82) is 0 Å². The Balaban J connectivity index is 1.63. The molecule has 31 heavy (non-hydrogen) atoms. The minimum absolute atomic E-state index is 0.262. The van der Waals surface area contributed by atoms with Crippen LogP contribution in [0.3, 0.4) is 0 Å². The Morgan fingerprint density at radius 3 is 2.10 bits per heavy atom. The molecule has 5 heteroatoms. The third-order valence-electron chi connectivity index (χ3n) is 7.28. The van der Waals surface area contributed by atoms with Crippen molar-refractivity contribution in [2.45, 2.75) is 18.3 Å². The van der Waals surface area contributed by atoms with Crippen LogP contribution in [0, 0.1) is 18.8 Å². The first kappa shape index (κ1) is 18.5. The lowest BCUT2D eigenvalue weighted by atomic mass is 9.48. The van der Waals surface area contributed by atoms with Crippen LogP contribution in [0.4, 0.5) is 5.69 Å². The van der Waals surface area contributed by atoms with Gasteiger partial charge in [-0.25, -0.2) is 4.90 Å². The summed E-state index contributed by atoms with van der Waals surface area (Å²) in [5, 5.41) is 0.493. The Bertz CT molecular complexity index is 1270. The van der Waals surface area contributed by atoms with Crippen LogP contribution < -0.4 is 4.90 Å². The van der Waals surface area contributed by atoms with E-state index in [0.717, 1.165) is 34.1 Å². The molecule has 1 heterocycles. The van der Waals surface area contributed by atoms with Gasteiger partial charge in [0.05, 0.1) is 22.9 Å². The quantitative estimate of drug-likeness (QED) is 0.450. The molecule has 4 nitrogen and oxygen atoms in total. The van der Waals surface area contributed by atoms with Crippen LogP contribution in [0.25, 0.3) is 0 Å². The minimum atomic E-state index is -1.18. The van der Waals surface area contributed by atoms with Crippen molar-refractivity contribution in [3.05, 3.63) is 99.6 Å². The van der Waals surface area contributed by atoms with Gasteiger partial charge >= 0.3 is 0 Å². The number of imide groups is 1. The van der Waals surface area contributed by atoms with Gasteiger partial charge in [-0.05, 0) is 46.9 Å². The summed E-state index contributed by atoms with van der Waals surface area (Å²) >= 11 is 6.31. The number of carbonyl (C=O) groups excluding carboxylic acids is 3. The lowest BCUT2D eigenvalue weighted by Crippen LogP contribution is -2.54. The molecule has 3 aromatic rings. The third kappa shape index (κ3) is 2.08. The first-order valence-corrected chi connectivity index (χ1v) is 10.7. The number of carbonyl (C=O) groups is 3. The standard InChI is InChI=1S/C26H18ClNO3/c1-14-10-11-15(12-20(14)27)28-24(30)22-21-16-6-2-4-8-18(16)26(13-29,23(22)25(28)31)19-9-5-3-7-17(19)21/h2-13,21-23H,1H3. The first-order chi connectivity index (χ1) is 15.0. The smallest absolute Gasteiger partial charge is 0.239 e. The average molecular weight is 428 g/mol. The van der Waals surface area contributed by atoms with Crippen molar-refractivity contribution in [2.24, 2.45) is 11.8 Å². The minimum Gasteiger partial charge on any atom is -0.302 e. The fourth-order valence-corrected chi connectivity index (χ4v) is 6.18. The predicted octanol–water partition coefficient (Wildman–Crippen LogP) is 4.40. The SMILES string of the molecule is Cc1ccc(N2C(=O)C3C4c5ccccc5C(C=O)(c5ccccc54)C3C2=O)cc1Cl. The third-order valence-corrected chi connectivity index (χ3v) is 7.69. The number of nitrogens with zero attached hydrogens (tertiary/aromatic N) is 1. The maximum atomic E-state index is 13.8. The lowest BCUT2D eigenvalue weighted by molar-refractivity contribution is -0.128. The summed E-state index contributed by atoms with van der Waals surface area (Å²) in [4.78, 5) is 41.7. The fraction of sp³-hybridized carbons (Fsp3) is 0.192. The highest BCUT2D eigenvalue weighted by Gasteiger charge is 2.68. The van der Waals surface area contributed by atoms with Crippen LogP contribution in [-0.2, 0) is 19.8 Å². The molecule has 7 rings (SSSR count). The maximum absolute atomic E-state index is 13.8. The monoisotopic (exact) mass is 427 g/mol. The number of anilines is 1. The molecule has 0 saturated carbocycles. The Kier molecular flexibility index (Phi) is 3.67. The molecular weight excluding hydrogens is 410 g/mol. The fourth-order valence-electron chi connectivity index (χ4n) is 6.01. The van der Waals surface area contributed by atoms with Crippen LogP contribution in [0.2, 0.25) is 5.02 Å². The van der Waals surface area contributed by atoms with E-state index in [-0.39, 0.29) is 17.7 Å². The summed E-state index contributed by atoms with van der Waals surface area (Å²) in [6, 6.07) is 20.6. The van der Waals surface area contributed by atoms with Gasteiger partial charge in [-0.1, -0.05) is 66.2 Å². The normalized spacial score (nSPS) is 27.7. The van der Waals surface area contributed by atoms with Crippen LogP contribution in [-0.4, -0.2) is 18.1 Å². The molecule has 152 valence electrons. The molecule has 1 saturated heterocycles. The summed E-state index contributed by atoms with van der Waals surface area (Å²) in [5.41, 5.74) is 3.72. The largest absolute Gasteiger partial charge is 0.302 e. The van der Waals surface area contributed by atoms with E-state index in [1.54, 1.807) is 18.2 Å². The summed E-state index contributed by atoms with van der Waals surface area (Å²) in [7, 11) is 0. The molecule has 2 unspecified atom stereocenters. The number of aryl methyl sites for hydroxylation is 1. The molecule has 0 N–H and O–H groups in total. The van der Waals surface area contributed by atoms with E-state index in [4.69, 9.17) is 11.6 Å². The summed E-state index contributed by atoms with van der Waals surface area (Å²) in [6.45, 7) is 1.87. The van der Waals surface area contributed by atoms with Crippen LogP contribution in [0.5, 0.6) is 0 Å². The molecule has 0 radical (unpaired) electrons. The highest BCUT2D eigenvalue weighted by atomic mass is 35.5. The Morgan fingerprint density at radius 2 is 1.52 bits per heavy atom. The van der Waals surface area contributed by atoms with Crippen molar-refractivity contribution >= 4 is 35.4 Å². The van der Waals surface area contributed by atoms with Gasteiger partial charge < -0.3 is 4.79 Å². The van der Waals surface area contributed by atoms with Crippen LogP contribution in [0.15, 0.2) is 66.7 Å². The van der Waals surface area contributed by atoms with E-state index in [2.05, 4.69) is 0 Å². The molecule has 1 aliphatic heterocycles. The first-order valence-electron chi connectivity index (χ1n) is 10.3. The van der Waals surface area contributed by atoms with Crippen molar-refractivity contribution in [1.82, 2.24) is 0 Å². The van der Waals surface area contributed by atoms with Gasteiger partial charge in [-0.2, -0.15) is 0 Å². The van der Waals surface area contributed by atoms with Crippen molar-refractivity contribution < 1.29 is 14.4 Å². The average Bonchev–Trinajstić information content (AvgIpc) is 3.07. The van der Waals surface area contributed by atoms with Gasteiger partial charge in [-0.15, -0.1) is 0 Å². The Labute approximate surface area is 184 Å². The summed E-state index contributed by atoms with van der Waals surface area (Å²) in [6.07, 6.45) is 0.883. The van der Waals surface area contributed by atoms with Gasteiger partial charge in [0.1, 0.15) is 6.29 Å². The van der Waals surface area contributed by atoms with Gasteiger partial charge in [0, 0.05) is 10.9 Å². The number of halogens is 1. The van der Waals surface area contributed by atoms with E-state index in [1.807, 2.05) is 55.5 Å². The number of hydrogen-bond donors (Lipinski definition) is 0. The van der Waals surface area contributed by atoms with Crippen LogP contribution in [0.1, 0.15) is 33.7 Å². The zero-order valence-electron chi connectivity index (χ0n) is 16.7. The molecule has 1 fully saturated rings. The second-order valence-corrected chi connectivity index (χ2v) is 9.00. The molecule has 0 aromatic heterocycles. The molecule has 2 atom stereocenters. The van der Waals surface area contributed by atoms with E-state index in [0.29, 0.717) is 10.7 Å². The molecular formula is C26H18ClNO3. The predicted molar refractivity (Wildman–Crippen MR) is 117 cm³/mol. The highest BCUT2D eigenvalue weighted by Crippen LogP contribution is 2.63. The van der Waals surface area contributed by atoms with E-state index < -0.39 is 17.3 Å². The topological polar surface area (TPSA) is 54.5 Å². The molecule has 4 aliphatic rings. The Hall–Kier alpha value is -3.24. The van der Waals surface area contributed by atoms with Gasteiger partial charge in [0.15, 0.2) is 0 Å². The van der Waals surface area contributed by atoms with Crippen molar-refractivity contribution in [3.8, 4) is 0 Å². The van der Waals surface area contributed by atoms with Gasteiger partial charge in [0.2, 0.25) is 11.8 Å². The molecule has 3 aliphatic carbocycles. The van der Waals surface area contributed by atoms with Crippen molar-refractivity contribution in [3.63, 3.8) is 0 Å². The maximum Gasteiger partial charge on any atom is 0.239 e. The summed E-state index contributed by atoms with van der Waals surface area (Å²) < 4.78 is 0. The molecule has 0 spiro atoms. The second-order valence-electron chi connectivity index (χ2n) is 8.59. The zero-order valence-corrected chi connectivity index (χ0v) is 17.5. The lowest BCUT2D eigenvalue weighted by Gasteiger charge is -2.51. The van der Waals surface area contributed by atoms with E-state index >= 15 is 0 Å². The number of aldehydes is 1. The highest BCUT2D eigenvalue weighted by molar-refractivity contribution is 6.32. The molecule has 2 bridgehead atoms. The van der Waals surface area contributed by atoms with Gasteiger partial charge in [-0.3, -0.25) is 9.59 Å². The molecule has 3 aromatic carbocycles. The zero-order chi connectivity index (χ0) is 21.5. The Morgan fingerprint density at radius 1 is 0.903 bits per heavy atom. The number of benzene rings is 3. The number of rotatable bonds is 2.